The van der Waals surface area contributed by atoms with E-state index in [9.17, 15) is 8.42 Å². The summed E-state index contributed by atoms with van der Waals surface area (Å²) < 4.78 is 28.5. The van der Waals surface area contributed by atoms with E-state index in [0.717, 1.165) is 32.2 Å². The Labute approximate surface area is 117 Å². The van der Waals surface area contributed by atoms with Crippen molar-refractivity contribution in [3.8, 4) is 0 Å². The summed E-state index contributed by atoms with van der Waals surface area (Å²) in [7, 11) is -3.20. The minimum atomic E-state index is -3.20. The lowest BCUT2D eigenvalue weighted by atomic mass is 9.91. The van der Waals surface area contributed by atoms with Crippen molar-refractivity contribution in [2.75, 3.05) is 32.7 Å². The Kier molecular flexibility index (Phi) is 5.22. The first kappa shape index (κ1) is 15.2. The molecule has 2 unspecified atom stereocenters. The second-order valence-electron chi connectivity index (χ2n) is 5.59. The molecule has 0 amide bonds. The normalized spacial score (nSPS) is 30.8. The third-order valence-corrected chi connectivity index (χ3v) is 6.41. The van der Waals surface area contributed by atoms with Gasteiger partial charge in [-0.05, 0) is 31.7 Å². The van der Waals surface area contributed by atoms with Crippen molar-refractivity contribution in [1.82, 2.24) is 13.9 Å². The van der Waals surface area contributed by atoms with Crippen LogP contribution in [0.5, 0.6) is 0 Å². The van der Waals surface area contributed by atoms with Crippen molar-refractivity contribution in [1.29, 1.82) is 0 Å². The highest BCUT2D eigenvalue weighted by Gasteiger charge is 2.37. The molecule has 2 rings (SSSR count). The van der Waals surface area contributed by atoms with Gasteiger partial charge in [0, 0.05) is 32.2 Å². The fourth-order valence-corrected chi connectivity index (χ4v) is 5.00. The van der Waals surface area contributed by atoms with Crippen LogP contribution in [0.15, 0.2) is 0 Å². The first-order valence-electron chi connectivity index (χ1n) is 7.58. The lowest BCUT2D eigenvalue weighted by Gasteiger charge is -2.39. The monoisotopic (exact) mass is 289 g/mol. The summed E-state index contributed by atoms with van der Waals surface area (Å²) in [5.41, 5.74) is 0. The van der Waals surface area contributed by atoms with Gasteiger partial charge in [0.25, 0.3) is 10.2 Å². The Morgan fingerprint density at radius 2 is 1.79 bits per heavy atom. The second-order valence-corrected chi connectivity index (χ2v) is 7.52. The standard InChI is InChI=1S/C13H27N3O2S/c1-3-12-11-16(10-7-13(12)14-4-2)19(17,18)15-8-5-6-9-15/h12-14H,3-11H2,1-2H3. The number of nitrogens with one attached hydrogen (secondary N) is 1. The highest BCUT2D eigenvalue weighted by molar-refractivity contribution is 7.86. The van der Waals surface area contributed by atoms with Gasteiger partial charge in [0.05, 0.1) is 0 Å². The van der Waals surface area contributed by atoms with Crippen LogP contribution in [0, 0.1) is 5.92 Å². The molecule has 0 aliphatic carbocycles. The third-order valence-electron chi connectivity index (χ3n) is 4.40. The SMILES string of the molecule is CCNC1CCN(S(=O)(=O)N2CCCC2)CC1CC. The highest BCUT2D eigenvalue weighted by atomic mass is 32.2. The van der Waals surface area contributed by atoms with Crippen LogP contribution >= 0.6 is 0 Å². The Morgan fingerprint density at radius 1 is 1.11 bits per heavy atom. The van der Waals surface area contributed by atoms with E-state index < -0.39 is 10.2 Å². The van der Waals surface area contributed by atoms with Crippen LogP contribution in [0.3, 0.4) is 0 Å². The van der Waals surface area contributed by atoms with Crippen LogP contribution in [0.2, 0.25) is 0 Å². The molecule has 2 saturated heterocycles. The number of hydrogen-bond acceptors (Lipinski definition) is 3. The molecule has 0 saturated carbocycles. The molecule has 1 N–H and O–H groups in total. The Morgan fingerprint density at radius 3 is 2.37 bits per heavy atom. The maximum Gasteiger partial charge on any atom is 0.281 e. The molecule has 0 aromatic heterocycles. The van der Waals surface area contributed by atoms with Gasteiger partial charge in [-0.25, -0.2) is 0 Å². The molecule has 2 heterocycles. The molecular formula is C13H27N3O2S. The topological polar surface area (TPSA) is 52.7 Å². The highest BCUT2D eigenvalue weighted by Crippen LogP contribution is 2.25. The minimum Gasteiger partial charge on any atom is -0.314 e. The smallest absolute Gasteiger partial charge is 0.281 e. The molecule has 0 aromatic rings. The molecule has 0 spiro atoms. The van der Waals surface area contributed by atoms with Gasteiger partial charge in [-0.15, -0.1) is 0 Å². The molecule has 2 aliphatic heterocycles. The summed E-state index contributed by atoms with van der Waals surface area (Å²) in [5, 5.41) is 3.49. The number of nitrogens with zero attached hydrogens (tertiary/aromatic N) is 2. The molecule has 0 radical (unpaired) electrons. The van der Waals surface area contributed by atoms with Crippen LogP contribution in [-0.2, 0) is 10.2 Å². The second kappa shape index (κ2) is 6.52. The van der Waals surface area contributed by atoms with Gasteiger partial charge in [-0.2, -0.15) is 17.0 Å². The maximum absolute atomic E-state index is 12.5. The number of rotatable bonds is 5. The number of piperidine rings is 1. The zero-order chi connectivity index (χ0) is 13.9. The van der Waals surface area contributed by atoms with Crippen molar-refractivity contribution in [3.63, 3.8) is 0 Å². The van der Waals surface area contributed by atoms with Crippen molar-refractivity contribution < 1.29 is 8.42 Å². The molecule has 5 nitrogen and oxygen atoms in total. The van der Waals surface area contributed by atoms with Gasteiger partial charge in [0.2, 0.25) is 0 Å². The predicted molar refractivity (Wildman–Crippen MR) is 77.2 cm³/mol. The lowest BCUT2D eigenvalue weighted by Crippen LogP contribution is -2.53. The summed E-state index contributed by atoms with van der Waals surface area (Å²) in [6, 6.07) is 0.472. The van der Waals surface area contributed by atoms with Crippen molar-refractivity contribution >= 4 is 10.2 Å². The molecule has 2 atom stereocenters. The summed E-state index contributed by atoms with van der Waals surface area (Å²) in [5.74, 6) is 0.436. The van der Waals surface area contributed by atoms with Gasteiger partial charge in [0.15, 0.2) is 0 Å². The number of hydrogen-bond donors (Lipinski definition) is 1. The summed E-state index contributed by atoms with van der Waals surface area (Å²) in [6.07, 6.45) is 3.97. The van der Waals surface area contributed by atoms with Gasteiger partial charge in [0.1, 0.15) is 0 Å². The fourth-order valence-electron chi connectivity index (χ4n) is 3.24. The van der Waals surface area contributed by atoms with Gasteiger partial charge in [-0.3, -0.25) is 0 Å². The maximum atomic E-state index is 12.5. The molecular weight excluding hydrogens is 262 g/mol. The van der Waals surface area contributed by atoms with E-state index in [0.29, 0.717) is 38.1 Å². The molecule has 6 heteroatoms. The minimum absolute atomic E-state index is 0.436. The van der Waals surface area contributed by atoms with E-state index >= 15 is 0 Å². The van der Waals surface area contributed by atoms with Gasteiger partial charge in [-0.1, -0.05) is 20.3 Å². The molecule has 2 aliphatic rings. The van der Waals surface area contributed by atoms with Crippen molar-refractivity contribution in [2.45, 2.75) is 45.6 Å². The Hall–Kier alpha value is -0.170. The van der Waals surface area contributed by atoms with E-state index in [-0.39, 0.29) is 0 Å². The first-order valence-corrected chi connectivity index (χ1v) is 8.97. The average Bonchev–Trinajstić information content (AvgIpc) is 2.94. The Balaban J connectivity index is 2.02. The zero-order valence-corrected chi connectivity index (χ0v) is 13.0. The predicted octanol–water partition coefficient (Wildman–Crippen LogP) is 1.04. The van der Waals surface area contributed by atoms with Crippen LogP contribution in [0.1, 0.15) is 39.5 Å². The van der Waals surface area contributed by atoms with Gasteiger partial charge < -0.3 is 5.32 Å². The average molecular weight is 289 g/mol. The molecule has 19 heavy (non-hydrogen) atoms. The van der Waals surface area contributed by atoms with E-state index in [1.54, 1.807) is 8.61 Å². The molecule has 2 fully saturated rings. The summed E-state index contributed by atoms with van der Waals surface area (Å²) >= 11 is 0. The van der Waals surface area contributed by atoms with Gasteiger partial charge >= 0.3 is 0 Å². The van der Waals surface area contributed by atoms with Crippen LogP contribution in [0.25, 0.3) is 0 Å². The molecule has 0 bridgehead atoms. The Bertz CT molecular complexity index is 379. The zero-order valence-electron chi connectivity index (χ0n) is 12.1. The fraction of sp³-hybridized carbons (Fsp3) is 1.00. The van der Waals surface area contributed by atoms with Crippen LogP contribution < -0.4 is 5.32 Å². The van der Waals surface area contributed by atoms with Crippen LogP contribution in [0.4, 0.5) is 0 Å². The quantitative estimate of drug-likeness (QED) is 0.823. The van der Waals surface area contributed by atoms with Crippen molar-refractivity contribution in [2.24, 2.45) is 5.92 Å². The molecule has 112 valence electrons. The van der Waals surface area contributed by atoms with Crippen molar-refractivity contribution in [3.05, 3.63) is 0 Å². The molecule has 0 aromatic carbocycles. The summed E-state index contributed by atoms with van der Waals surface area (Å²) in [4.78, 5) is 0. The lowest BCUT2D eigenvalue weighted by molar-refractivity contribution is 0.196. The third kappa shape index (κ3) is 3.29. The van der Waals surface area contributed by atoms with Crippen LogP contribution in [-0.4, -0.2) is 55.8 Å². The van der Waals surface area contributed by atoms with E-state index in [1.165, 1.54) is 0 Å². The summed E-state index contributed by atoms with van der Waals surface area (Å²) in [6.45, 7) is 7.96. The van der Waals surface area contributed by atoms with E-state index in [1.807, 2.05) is 0 Å². The van der Waals surface area contributed by atoms with E-state index in [2.05, 4.69) is 19.2 Å². The first-order chi connectivity index (χ1) is 9.09. The van der Waals surface area contributed by atoms with E-state index in [4.69, 9.17) is 0 Å². The largest absolute Gasteiger partial charge is 0.314 e.